The van der Waals surface area contributed by atoms with E-state index >= 15 is 0 Å². The second kappa shape index (κ2) is 3.61. The summed E-state index contributed by atoms with van der Waals surface area (Å²) in [6.45, 7) is 1.81. The number of benzene rings is 1. The van der Waals surface area contributed by atoms with E-state index < -0.39 is 11.6 Å². The van der Waals surface area contributed by atoms with Gasteiger partial charge >= 0.3 is 0 Å². The van der Waals surface area contributed by atoms with Crippen LogP contribution in [0.25, 0.3) is 10.4 Å². The molecule has 0 aliphatic heterocycles. The number of azide groups is 1. The van der Waals surface area contributed by atoms with Gasteiger partial charge in [0.25, 0.3) is 5.79 Å². The molecule has 2 unspecified atom stereocenters. The number of fused-ring (bicyclic) bond motifs is 1. The number of carbonyl (C=O) groups excluding carboxylic acids is 1. The highest BCUT2D eigenvalue weighted by Gasteiger charge is 2.45. The number of rotatable bonds is 1. The summed E-state index contributed by atoms with van der Waals surface area (Å²) in [7, 11) is 0. The van der Waals surface area contributed by atoms with Gasteiger partial charge in [0.1, 0.15) is 0 Å². The summed E-state index contributed by atoms with van der Waals surface area (Å²) in [6.07, 6.45) is -0.0904. The molecule has 1 aromatic rings. The molecule has 5 heteroatoms. The summed E-state index contributed by atoms with van der Waals surface area (Å²) in [5.41, 5.74) is 9.43. The Morgan fingerprint density at radius 2 is 2.25 bits per heavy atom. The zero-order valence-corrected chi connectivity index (χ0v) is 8.72. The maximum Gasteiger partial charge on any atom is 0.251 e. The van der Waals surface area contributed by atoms with Crippen molar-refractivity contribution in [2.75, 3.05) is 0 Å². The van der Waals surface area contributed by atoms with Gasteiger partial charge < -0.3 is 0 Å². The number of hydrogen-bond acceptors (Lipinski definition) is 2. The number of hydrogen-bond donors (Lipinski definition) is 0. The molecule has 2 atom stereocenters. The van der Waals surface area contributed by atoms with E-state index in [4.69, 9.17) is 5.53 Å². The van der Waals surface area contributed by atoms with Gasteiger partial charge in [-0.1, -0.05) is 31.2 Å². The van der Waals surface area contributed by atoms with Gasteiger partial charge in [-0.3, -0.25) is 4.79 Å². The smallest absolute Gasteiger partial charge is 0.251 e. The third-order valence-electron chi connectivity index (χ3n) is 2.86. The van der Waals surface area contributed by atoms with E-state index in [0.717, 1.165) is 5.56 Å². The van der Waals surface area contributed by atoms with Crippen LogP contribution in [-0.2, 0) is 0 Å². The predicted octanol–water partition coefficient (Wildman–Crippen LogP) is 3.35. The Kier molecular flexibility index (Phi) is 2.40. The maximum atomic E-state index is 14.1. The third kappa shape index (κ3) is 1.46. The third-order valence-corrected chi connectivity index (χ3v) is 2.86. The van der Waals surface area contributed by atoms with E-state index in [1.54, 1.807) is 24.3 Å². The van der Waals surface area contributed by atoms with Crippen molar-refractivity contribution in [1.82, 2.24) is 0 Å². The number of Topliss-reactive ketones (excluding diaryl/α,β-unsaturated/α-hetero) is 1. The van der Waals surface area contributed by atoms with Crippen LogP contribution in [0.15, 0.2) is 29.4 Å². The van der Waals surface area contributed by atoms with Gasteiger partial charge in [0.05, 0.1) is 0 Å². The van der Waals surface area contributed by atoms with Crippen LogP contribution in [0.3, 0.4) is 0 Å². The van der Waals surface area contributed by atoms with Crippen molar-refractivity contribution < 1.29 is 9.18 Å². The minimum absolute atomic E-state index is 0.0904. The molecule has 0 amide bonds. The fraction of sp³-hybridized carbons (Fsp3) is 0.364. The molecular weight excluding hydrogens is 209 g/mol. The highest BCUT2D eigenvalue weighted by atomic mass is 19.1. The minimum Gasteiger partial charge on any atom is -0.290 e. The molecule has 0 radical (unpaired) electrons. The lowest BCUT2D eigenvalue weighted by atomic mass is 9.79. The summed E-state index contributed by atoms with van der Waals surface area (Å²) in [5.74, 6) is -3.30. The highest BCUT2D eigenvalue weighted by Crippen LogP contribution is 2.39. The van der Waals surface area contributed by atoms with Crippen molar-refractivity contribution in [1.29, 1.82) is 0 Å². The van der Waals surface area contributed by atoms with Gasteiger partial charge in [-0.05, 0) is 22.1 Å². The molecular formula is C11H10FN3O. The normalized spacial score (nSPS) is 28.1. The molecule has 0 saturated carbocycles. The van der Waals surface area contributed by atoms with Crippen LogP contribution in [0, 0.1) is 0 Å². The van der Waals surface area contributed by atoms with Gasteiger partial charge in [-0.15, -0.1) is 0 Å². The van der Waals surface area contributed by atoms with Crippen molar-refractivity contribution in [2.24, 2.45) is 5.11 Å². The van der Waals surface area contributed by atoms with Crippen LogP contribution < -0.4 is 0 Å². The second-order valence-electron chi connectivity index (χ2n) is 3.97. The van der Waals surface area contributed by atoms with Crippen LogP contribution in [0.1, 0.15) is 35.2 Å². The second-order valence-corrected chi connectivity index (χ2v) is 3.97. The minimum atomic E-state index is -2.43. The average molecular weight is 219 g/mol. The standard InChI is InChI=1S/C11H10FN3O/c1-7-6-11(12,14-15-13)10(16)9-5-3-2-4-8(7)9/h2-5,7H,6H2,1H3. The van der Waals surface area contributed by atoms with Gasteiger partial charge in [0.15, 0.2) is 0 Å². The van der Waals surface area contributed by atoms with Crippen LogP contribution in [0.4, 0.5) is 4.39 Å². The van der Waals surface area contributed by atoms with Crippen molar-refractivity contribution in [2.45, 2.75) is 25.1 Å². The van der Waals surface area contributed by atoms with E-state index in [0.29, 0.717) is 5.56 Å². The lowest BCUT2D eigenvalue weighted by Crippen LogP contribution is -2.37. The van der Waals surface area contributed by atoms with Gasteiger partial charge in [0.2, 0.25) is 5.78 Å². The molecule has 1 aliphatic rings. The molecule has 82 valence electrons. The highest BCUT2D eigenvalue weighted by molar-refractivity contribution is 6.04. The number of nitrogens with zero attached hydrogens (tertiary/aromatic N) is 3. The Morgan fingerprint density at radius 3 is 2.94 bits per heavy atom. The number of ketones is 1. The maximum absolute atomic E-state index is 14.1. The Balaban J connectivity index is 2.58. The first-order chi connectivity index (χ1) is 7.58. The Bertz CT molecular complexity index is 496. The molecule has 0 spiro atoms. The van der Waals surface area contributed by atoms with E-state index in [2.05, 4.69) is 10.0 Å². The van der Waals surface area contributed by atoms with Crippen LogP contribution in [0.5, 0.6) is 0 Å². The van der Waals surface area contributed by atoms with E-state index in [-0.39, 0.29) is 12.3 Å². The topological polar surface area (TPSA) is 65.8 Å². The first kappa shape index (κ1) is 10.6. The first-order valence-corrected chi connectivity index (χ1v) is 4.97. The molecule has 0 aromatic heterocycles. The molecule has 0 fully saturated rings. The summed E-state index contributed by atoms with van der Waals surface area (Å²) < 4.78 is 14.1. The molecule has 0 heterocycles. The predicted molar refractivity (Wildman–Crippen MR) is 56.8 cm³/mol. The van der Waals surface area contributed by atoms with Crippen molar-refractivity contribution >= 4 is 5.78 Å². The van der Waals surface area contributed by atoms with Crippen molar-refractivity contribution in [3.05, 3.63) is 45.8 Å². The summed E-state index contributed by atoms with van der Waals surface area (Å²) in [5, 5.41) is 3.01. The van der Waals surface area contributed by atoms with E-state index in [1.165, 1.54) is 0 Å². The zero-order valence-electron chi connectivity index (χ0n) is 8.72. The molecule has 1 aliphatic carbocycles. The number of carbonyl (C=O) groups is 1. The number of alkyl halides is 1. The van der Waals surface area contributed by atoms with E-state index in [1.807, 2.05) is 6.92 Å². The van der Waals surface area contributed by atoms with E-state index in [9.17, 15) is 9.18 Å². The largest absolute Gasteiger partial charge is 0.290 e. The average Bonchev–Trinajstić information content (AvgIpc) is 2.27. The first-order valence-electron chi connectivity index (χ1n) is 4.97. The Labute approximate surface area is 91.7 Å². The molecule has 4 nitrogen and oxygen atoms in total. The fourth-order valence-corrected chi connectivity index (χ4v) is 2.11. The Morgan fingerprint density at radius 1 is 1.56 bits per heavy atom. The van der Waals surface area contributed by atoms with Crippen molar-refractivity contribution in [3.63, 3.8) is 0 Å². The van der Waals surface area contributed by atoms with Crippen molar-refractivity contribution in [3.8, 4) is 0 Å². The Hall–Kier alpha value is -1.87. The molecule has 0 bridgehead atoms. The van der Waals surface area contributed by atoms with Gasteiger partial charge in [-0.2, -0.15) is 0 Å². The molecule has 1 aromatic carbocycles. The fourth-order valence-electron chi connectivity index (χ4n) is 2.11. The molecule has 16 heavy (non-hydrogen) atoms. The molecule has 0 saturated heterocycles. The lowest BCUT2D eigenvalue weighted by Gasteiger charge is -2.29. The quantitative estimate of drug-likeness (QED) is 0.309. The lowest BCUT2D eigenvalue weighted by molar-refractivity contribution is 0.0632. The van der Waals surface area contributed by atoms with Crippen LogP contribution in [0.2, 0.25) is 0 Å². The van der Waals surface area contributed by atoms with Gasteiger partial charge in [0, 0.05) is 16.9 Å². The SMILES string of the molecule is CC1CC(F)(N=[N+]=[N-])C(=O)c2ccccc21. The summed E-state index contributed by atoms with van der Waals surface area (Å²) >= 11 is 0. The molecule has 0 N–H and O–H groups in total. The summed E-state index contributed by atoms with van der Waals surface area (Å²) in [6, 6.07) is 6.84. The van der Waals surface area contributed by atoms with Crippen LogP contribution >= 0.6 is 0 Å². The van der Waals surface area contributed by atoms with Gasteiger partial charge in [-0.25, -0.2) is 4.39 Å². The monoisotopic (exact) mass is 219 g/mol. The number of halogens is 1. The molecule has 2 rings (SSSR count). The van der Waals surface area contributed by atoms with Crippen LogP contribution in [-0.4, -0.2) is 11.6 Å². The summed E-state index contributed by atoms with van der Waals surface area (Å²) in [4.78, 5) is 14.3. The zero-order chi connectivity index (χ0) is 11.8.